The molecule has 11 rings (SSSR count). The van der Waals surface area contributed by atoms with Crippen LogP contribution < -0.4 is 31.9 Å². The summed E-state index contributed by atoms with van der Waals surface area (Å²) < 4.78 is 127. The van der Waals surface area contributed by atoms with Crippen LogP contribution in [0.25, 0.3) is 0 Å². The number of hydrogen-bond donors (Lipinski definition) is 34. The summed E-state index contributed by atoms with van der Waals surface area (Å²) in [6.45, 7) is -4.59. The second kappa shape index (κ2) is 50.0. The van der Waals surface area contributed by atoms with Gasteiger partial charge in [-0.15, -0.1) is 0 Å². The highest BCUT2D eigenvalue weighted by Gasteiger charge is 2.63. The van der Waals surface area contributed by atoms with E-state index in [1.54, 1.807) is 0 Å². The molecule has 61 nitrogen and oxygen atoms in total. The van der Waals surface area contributed by atoms with Crippen molar-refractivity contribution in [1.29, 1.82) is 0 Å². The van der Waals surface area contributed by atoms with Crippen molar-refractivity contribution >= 4 is 35.4 Å². The first-order chi connectivity index (χ1) is 65.6. The van der Waals surface area contributed by atoms with Crippen LogP contribution in [-0.2, 0) is 128 Å². The Morgan fingerprint density at radius 1 is 0.201 bits per heavy atom. The van der Waals surface area contributed by atoms with Crippen molar-refractivity contribution in [1.82, 2.24) is 31.9 Å². The van der Waals surface area contributed by atoms with Crippen LogP contribution in [0.1, 0.15) is 48.5 Å². The molecular formula is C78H130N6O55. The van der Waals surface area contributed by atoms with Gasteiger partial charge in [0.1, 0.15) is 262 Å². The SMILES string of the molecule is CC(=O)N[C@@H]1[C@@H](O)[C@H](O[C@@H]2O[C@H](CO)[C@@H](O[C@@H]3O[C@H](CO[C@H]4O[C@H](CO[C@@H]5O[C@H](CO)[C@@H](O)[C@H](O)[C@H]5NC(C)=O)[C@@H](O)[C@H](O)[C@@H]4O[C@@H]4O[C@H](CO)[C@@H](O)[C@H](O)[C@H]4NC(C)=O)[C@@H](O)[C@H](O[C@H]4O[C@H](CO)[C@@H](O[C@@H]5O[C@H](CO)[C@@H](O)[C@H](O[C@@H]6O[C@H](CO)[C@H](O)[C@H](O)[C@H]6O)[C@H]5NC(C)=O)[C@H](O)[C@@H]4O[C@@H]4O[C@H](CO)[C@@H](O)[C@H](O)[C@H]4NC(C)=O)[C@@H]3O)[C@H](O)[C@H]2NC(C)=O)[C@@H](CO[C@H]2O[C@H](C)[C@H](O)[C@H](O)[C@H]2O)O[C@H]1O. The van der Waals surface area contributed by atoms with E-state index < -0.39 is 439 Å². The predicted octanol–water partition coefficient (Wildman–Crippen LogP) is -23.1. The van der Waals surface area contributed by atoms with E-state index >= 15 is 0 Å². The highest BCUT2D eigenvalue weighted by atomic mass is 16.8. The van der Waals surface area contributed by atoms with Crippen LogP contribution in [0, 0.1) is 0 Å². The minimum absolute atomic E-state index is 0.840. The topological polar surface area (TPSA) is 935 Å². The maximum atomic E-state index is 13.5. The number of ether oxygens (including phenoxy) is 21. The van der Waals surface area contributed by atoms with Gasteiger partial charge in [0.2, 0.25) is 35.4 Å². The fourth-order valence-electron chi connectivity index (χ4n) is 18.0. The van der Waals surface area contributed by atoms with Crippen molar-refractivity contribution in [2.45, 2.75) is 386 Å². The molecule has 6 amide bonds. The first kappa shape index (κ1) is 114. The zero-order valence-corrected chi connectivity index (χ0v) is 75.4. The molecule has 0 aromatic heterocycles. The first-order valence-electron chi connectivity index (χ1n) is 44.5. The van der Waals surface area contributed by atoms with Crippen molar-refractivity contribution < 1.29 is 271 Å². The van der Waals surface area contributed by atoms with Gasteiger partial charge in [-0.2, -0.15) is 0 Å². The van der Waals surface area contributed by atoms with Gasteiger partial charge in [-0.3, -0.25) is 28.8 Å². The van der Waals surface area contributed by atoms with Gasteiger partial charge in [0.05, 0.1) is 72.2 Å². The largest absolute Gasteiger partial charge is 0.394 e. The molecule has 11 aliphatic rings. The quantitative estimate of drug-likeness (QED) is 0.0277. The van der Waals surface area contributed by atoms with Crippen LogP contribution >= 0.6 is 0 Å². The molecule has 139 heavy (non-hydrogen) atoms. The summed E-state index contributed by atoms with van der Waals surface area (Å²) in [5, 5.41) is 333. The zero-order chi connectivity index (χ0) is 102. The van der Waals surface area contributed by atoms with Crippen molar-refractivity contribution in [3.05, 3.63) is 0 Å². The van der Waals surface area contributed by atoms with Crippen LogP contribution in [0.5, 0.6) is 0 Å². The Morgan fingerprint density at radius 2 is 0.475 bits per heavy atom. The van der Waals surface area contributed by atoms with Crippen molar-refractivity contribution in [3.8, 4) is 0 Å². The monoisotopic (exact) mass is 2030 g/mol. The number of nitrogens with one attached hydrogen (secondary N) is 6. The smallest absolute Gasteiger partial charge is 0.217 e. The third-order valence-electron chi connectivity index (χ3n) is 25.3. The van der Waals surface area contributed by atoms with Gasteiger partial charge in [-0.05, 0) is 6.92 Å². The van der Waals surface area contributed by atoms with E-state index in [4.69, 9.17) is 99.5 Å². The van der Waals surface area contributed by atoms with Gasteiger partial charge in [0.15, 0.2) is 69.2 Å². The molecule has 0 spiro atoms. The summed E-state index contributed by atoms with van der Waals surface area (Å²) in [6.07, 6.45) is -105. The second-order valence-corrected chi connectivity index (χ2v) is 35.3. The fourth-order valence-corrected chi connectivity index (χ4v) is 18.0. The van der Waals surface area contributed by atoms with Crippen LogP contribution in [0.4, 0.5) is 0 Å². The van der Waals surface area contributed by atoms with E-state index in [1.807, 2.05) is 0 Å². The number of carbonyl (C=O) groups is 6. The summed E-state index contributed by atoms with van der Waals surface area (Å²) in [5.41, 5.74) is 0. The summed E-state index contributed by atoms with van der Waals surface area (Å²) in [5.74, 6) is -5.70. The van der Waals surface area contributed by atoms with Crippen LogP contribution in [0.3, 0.4) is 0 Å². The van der Waals surface area contributed by atoms with Crippen molar-refractivity contribution in [2.24, 2.45) is 0 Å². The van der Waals surface area contributed by atoms with E-state index in [2.05, 4.69) is 31.9 Å². The maximum Gasteiger partial charge on any atom is 0.217 e. The minimum Gasteiger partial charge on any atom is -0.394 e. The molecule has 11 aliphatic heterocycles. The van der Waals surface area contributed by atoms with Gasteiger partial charge < -0.3 is 274 Å². The molecule has 0 aromatic rings. The number of carbonyl (C=O) groups excluding carboxylic acids is 6. The molecule has 0 radical (unpaired) electrons. The summed E-state index contributed by atoms with van der Waals surface area (Å²) >= 11 is 0. The van der Waals surface area contributed by atoms with Gasteiger partial charge >= 0.3 is 0 Å². The lowest BCUT2D eigenvalue weighted by Crippen LogP contribution is -2.71. The number of amides is 6. The standard InChI is InChI=1S/C78H130N6O55/c1-18-41(98)54(111)57(114)74(122-18)120-17-34-63(52(109)35(68(118)123-34)79-19(2)92)134-72-39(83-23(6)96)53(110)61(30(13-90)129-72)135-76-60(117)65(48(105)33(131-76)16-121-77-66(138-70-37(81-21(4)94)50(107)43(100)26(9-86)125-70)56(113)46(103)32(132-77)15-119-69-36(80-20(3)93)49(106)42(99)25(8-85)124-69)137-78-67(139-71-38(82-22(5)95)51(108)44(101)27(10-87)126-71)59(116)62(31(14-91)130-78)133-73-40(84-24(7)97)64(47(104)29(12-89)127-73)136-75-58(115)55(112)45(102)28(11-88)128-75/h18,25-78,85-91,98-118H,8-17H2,1-7H3,(H,79,92)(H,80,93)(H,81,94)(H,82,95)(H,83,96)(H,84,97)/t18-,25-,26-,27-,28-,29-,30-,31-,32-,33-,34-,35-,36-,37-,38-,39-,40-,41+,42-,43-,44-,45+,46-,47-,48-,49-,50-,51-,52-,53-,54+,55+,56+,57-,58-,59+,60+,61-,62-,63-,64-,65+,66+,67+,68-,69-,70+,71+,72+,73+,74+,75+,76+,77+,78-/m1/s1. The van der Waals surface area contributed by atoms with E-state index in [0.29, 0.717) is 0 Å². The minimum atomic E-state index is -2.77. The molecular weight excluding hydrogens is 1900 g/mol. The summed E-state index contributed by atoms with van der Waals surface area (Å²) in [6, 6.07) is -11.5. The molecule has 34 N–H and O–H groups in total. The van der Waals surface area contributed by atoms with E-state index in [9.17, 15) is 172 Å². The third kappa shape index (κ3) is 26.0. The van der Waals surface area contributed by atoms with E-state index in [1.165, 1.54) is 6.92 Å². The highest BCUT2D eigenvalue weighted by Crippen LogP contribution is 2.42. The number of rotatable bonds is 36. The molecule has 11 heterocycles. The van der Waals surface area contributed by atoms with Crippen LogP contribution in [0.2, 0.25) is 0 Å². The zero-order valence-electron chi connectivity index (χ0n) is 75.4. The normalized spacial score (nSPS) is 48.3. The fraction of sp³-hybridized carbons (Fsp3) is 0.923. The summed E-state index contributed by atoms with van der Waals surface area (Å²) in [4.78, 5) is 77.8. The van der Waals surface area contributed by atoms with Gasteiger partial charge in [-0.25, -0.2) is 0 Å². The molecule has 0 aliphatic carbocycles. The molecule has 0 aromatic carbocycles. The number of aliphatic hydroxyl groups is 28. The molecule has 0 unspecified atom stereocenters. The Hall–Kier alpha value is -5.14. The van der Waals surface area contributed by atoms with Crippen LogP contribution in [0.15, 0.2) is 0 Å². The Balaban J connectivity index is 0.999. The lowest BCUT2D eigenvalue weighted by molar-refractivity contribution is -0.404. The van der Waals surface area contributed by atoms with Crippen molar-refractivity contribution in [2.75, 3.05) is 66.1 Å². The van der Waals surface area contributed by atoms with Gasteiger partial charge in [0.25, 0.3) is 0 Å². The third-order valence-corrected chi connectivity index (χ3v) is 25.3. The number of hydrogen-bond acceptors (Lipinski definition) is 55. The Kier molecular flexibility index (Phi) is 41.1. The number of aliphatic hydroxyl groups excluding tert-OH is 28. The molecule has 61 heteroatoms. The Bertz CT molecular complexity index is 3900. The lowest BCUT2D eigenvalue weighted by Gasteiger charge is -2.52. The van der Waals surface area contributed by atoms with Gasteiger partial charge in [-0.1, -0.05) is 0 Å². The molecule has 11 saturated heterocycles. The molecule has 802 valence electrons. The van der Waals surface area contributed by atoms with Gasteiger partial charge in [0, 0.05) is 41.5 Å². The lowest BCUT2D eigenvalue weighted by atomic mass is 9.93. The van der Waals surface area contributed by atoms with E-state index in [0.717, 1.165) is 41.5 Å². The highest BCUT2D eigenvalue weighted by molar-refractivity contribution is 5.75. The van der Waals surface area contributed by atoms with Crippen LogP contribution in [-0.4, -0.2) is 582 Å². The average Bonchev–Trinajstić information content (AvgIpc) is 0.752. The molecule has 55 atom stereocenters. The molecule has 0 bridgehead atoms. The predicted molar refractivity (Wildman–Crippen MR) is 430 cm³/mol. The maximum absolute atomic E-state index is 13.5. The second-order valence-electron chi connectivity index (χ2n) is 35.3. The Labute approximate surface area is 788 Å². The molecule has 11 fully saturated rings. The first-order valence-corrected chi connectivity index (χ1v) is 44.5. The molecule has 0 saturated carbocycles. The van der Waals surface area contributed by atoms with E-state index in [-0.39, 0.29) is 0 Å². The Morgan fingerprint density at radius 3 is 0.950 bits per heavy atom. The summed E-state index contributed by atoms with van der Waals surface area (Å²) in [7, 11) is 0. The average molecular weight is 2030 g/mol. The van der Waals surface area contributed by atoms with Crippen molar-refractivity contribution in [3.63, 3.8) is 0 Å².